The monoisotopic (exact) mass is 467 g/mol. The first-order valence-electron chi connectivity index (χ1n) is 7.99. The van der Waals surface area contributed by atoms with Gasteiger partial charge in [0.05, 0.1) is 23.1 Å². The lowest BCUT2D eigenvalue weighted by molar-refractivity contribution is 0.560. The molecule has 24 heavy (non-hydrogen) atoms. The summed E-state index contributed by atoms with van der Waals surface area (Å²) in [6.07, 6.45) is 0. The molecule has 1 aromatic carbocycles. The summed E-state index contributed by atoms with van der Waals surface area (Å²) in [7, 11) is -3.15. The molecule has 0 aromatic heterocycles. The van der Waals surface area contributed by atoms with Crippen LogP contribution in [0.4, 0.5) is 0 Å². The molecule has 0 saturated heterocycles. The molecule has 1 rings (SSSR count). The van der Waals surface area contributed by atoms with E-state index in [-0.39, 0.29) is 42.3 Å². The minimum atomic E-state index is -3.15. The van der Waals surface area contributed by atoms with Gasteiger partial charge in [-0.25, -0.2) is 8.42 Å². The van der Waals surface area contributed by atoms with Crippen LogP contribution in [0.1, 0.15) is 46.2 Å². The number of aliphatic imine (C=N–C) groups is 1. The molecule has 1 unspecified atom stereocenters. The van der Waals surface area contributed by atoms with Gasteiger partial charge in [0.1, 0.15) is 0 Å². The lowest BCUT2D eigenvalue weighted by Gasteiger charge is -2.20. The lowest BCUT2D eigenvalue weighted by Crippen LogP contribution is -2.39. The van der Waals surface area contributed by atoms with E-state index >= 15 is 0 Å². The third-order valence-corrected chi connectivity index (χ3v) is 6.15. The Kier molecular flexibility index (Phi) is 9.87. The van der Waals surface area contributed by atoms with E-state index in [2.05, 4.69) is 15.6 Å². The fourth-order valence-electron chi connectivity index (χ4n) is 1.93. The molecule has 0 bridgehead atoms. The summed E-state index contributed by atoms with van der Waals surface area (Å²) >= 11 is 0. The Hall–Kier alpha value is -0.830. The Bertz CT molecular complexity index is 610. The molecular formula is C17H30IN3O2S. The van der Waals surface area contributed by atoms with E-state index in [0.29, 0.717) is 5.96 Å². The predicted molar refractivity (Wildman–Crippen MR) is 113 cm³/mol. The van der Waals surface area contributed by atoms with Crippen LogP contribution in [0.2, 0.25) is 0 Å². The first-order chi connectivity index (χ1) is 10.7. The second-order valence-electron chi connectivity index (χ2n) is 6.47. The molecule has 0 spiro atoms. The number of benzene rings is 1. The number of sulfone groups is 1. The van der Waals surface area contributed by atoms with Crippen LogP contribution in [0.25, 0.3) is 0 Å². The molecule has 7 heteroatoms. The van der Waals surface area contributed by atoms with Gasteiger partial charge in [0.2, 0.25) is 0 Å². The zero-order valence-electron chi connectivity index (χ0n) is 15.2. The van der Waals surface area contributed by atoms with Gasteiger partial charge in [0.15, 0.2) is 15.8 Å². The highest BCUT2D eigenvalue weighted by Gasteiger charge is 2.28. The van der Waals surface area contributed by atoms with E-state index in [1.54, 1.807) is 20.8 Å². The van der Waals surface area contributed by atoms with Crippen LogP contribution in [0.15, 0.2) is 35.3 Å². The molecule has 1 atom stereocenters. The van der Waals surface area contributed by atoms with Crippen LogP contribution in [-0.4, -0.2) is 38.0 Å². The average Bonchev–Trinajstić information content (AvgIpc) is 2.47. The van der Waals surface area contributed by atoms with Crippen molar-refractivity contribution in [1.82, 2.24) is 10.6 Å². The smallest absolute Gasteiger partial charge is 0.191 e. The van der Waals surface area contributed by atoms with Crippen LogP contribution in [-0.2, 0) is 9.84 Å². The summed E-state index contributed by atoms with van der Waals surface area (Å²) in [5.74, 6) is 0.681. The van der Waals surface area contributed by atoms with Crippen molar-refractivity contribution in [1.29, 1.82) is 0 Å². The van der Waals surface area contributed by atoms with E-state index in [0.717, 1.165) is 12.1 Å². The van der Waals surface area contributed by atoms with Crippen LogP contribution in [0, 0.1) is 0 Å². The average molecular weight is 467 g/mol. The third kappa shape index (κ3) is 7.38. The number of halogens is 1. The Morgan fingerprint density at radius 2 is 1.79 bits per heavy atom. The summed E-state index contributed by atoms with van der Waals surface area (Å²) in [4.78, 5) is 4.39. The van der Waals surface area contributed by atoms with E-state index in [1.165, 1.54) is 0 Å². The zero-order chi connectivity index (χ0) is 17.5. The minimum Gasteiger partial charge on any atom is -0.357 e. The van der Waals surface area contributed by atoms with Gasteiger partial charge in [-0.2, -0.15) is 0 Å². The molecule has 0 aliphatic carbocycles. The molecule has 5 nitrogen and oxygen atoms in total. The fourth-order valence-corrected chi connectivity index (χ4v) is 2.88. The van der Waals surface area contributed by atoms with Crippen molar-refractivity contribution in [3.63, 3.8) is 0 Å². The van der Waals surface area contributed by atoms with Gasteiger partial charge >= 0.3 is 0 Å². The Morgan fingerprint density at radius 1 is 1.21 bits per heavy atom. The Morgan fingerprint density at radius 3 is 2.29 bits per heavy atom. The second kappa shape index (κ2) is 10.2. The molecule has 0 radical (unpaired) electrons. The maximum atomic E-state index is 12.1. The molecule has 138 valence electrons. The highest BCUT2D eigenvalue weighted by Crippen LogP contribution is 2.15. The largest absolute Gasteiger partial charge is 0.357 e. The topological polar surface area (TPSA) is 70.6 Å². The highest BCUT2D eigenvalue weighted by atomic mass is 127. The van der Waals surface area contributed by atoms with E-state index in [1.807, 2.05) is 44.2 Å². The molecule has 2 N–H and O–H groups in total. The summed E-state index contributed by atoms with van der Waals surface area (Å²) < 4.78 is 23.5. The van der Waals surface area contributed by atoms with E-state index in [9.17, 15) is 8.42 Å². The summed E-state index contributed by atoms with van der Waals surface area (Å²) in [6, 6.07) is 10.2. The lowest BCUT2D eigenvalue weighted by atomic mass is 10.1. The van der Waals surface area contributed by atoms with Crippen LogP contribution in [0.3, 0.4) is 0 Å². The SMILES string of the molecule is CCNC(=NCCS(=O)(=O)C(C)(C)C)NC(C)c1ccccc1.I. The quantitative estimate of drug-likeness (QED) is 0.383. The first kappa shape index (κ1) is 23.2. The van der Waals surface area contributed by atoms with Gasteiger partial charge in [-0.15, -0.1) is 24.0 Å². The Labute approximate surface area is 163 Å². The summed E-state index contributed by atoms with van der Waals surface area (Å²) in [6.45, 7) is 10.1. The maximum absolute atomic E-state index is 12.1. The van der Waals surface area contributed by atoms with Crippen molar-refractivity contribution in [2.75, 3.05) is 18.8 Å². The number of guanidine groups is 1. The molecule has 0 fully saturated rings. The maximum Gasteiger partial charge on any atom is 0.191 e. The van der Waals surface area contributed by atoms with Crippen LogP contribution in [0.5, 0.6) is 0 Å². The number of hydrogen-bond acceptors (Lipinski definition) is 3. The van der Waals surface area contributed by atoms with Gasteiger partial charge < -0.3 is 10.6 Å². The van der Waals surface area contributed by atoms with Crippen LogP contribution >= 0.6 is 24.0 Å². The van der Waals surface area contributed by atoms with Crippen molar-refractivity contribution < 1.29 is 8.42 Å². The van der Waals surface area contributed by atoms with Crippen LogP contribution < -0.4 is 10.6 Å². The van der Waals surface area contributed by atoms with Crippen molar-refractivity contribution in [3.05, 3.63) is 35.9 Å². The van der Waals surface area contributed by atoms with Gasteiger partial charge in [0, 0.05) is 6.54 Å². The summed E-state index contributed by atoms with van der Waals surface area (Å²) in [5.41, 5.74) is 1.15. The zero-order valence-corrected chi connectivity index (χ0v) is 18.3. The van der Waals surface area contributed by atoms with E-state index in [4.69, 9.17) is 0 Å². The molecular weight excluding hydrogens is 437 g/mol. The minimum absolute atomic E-state index is 0. The first-order valence-corrected chi connectivity index (χ1v) is 9.64. The summed E-state index contributed by atoms with van der Waals surface area (Å²) in [5, 5.41) is 6.46. The molecule has 0 aliphatic heterocycles. The molecule has 0 heterocycles. The van der Waals surface area contributed by atoms with Gasteiger partial charge in [0.25, 0.3) is 0 Å². The van der Waals surface area contributed by atoms with Gasteiger partial charge in [-0.1, -0.05) is 30.3 Å². The molecule has 0 amide bonds. The van der Waals surface area contributed by atoms with Gasteiger partial charge in [-0.05, 0) is 40.2 Å². The van der Waals surface area contributed by atoms with Crippen molar-refractivity contribution in [3.8, 4) is 0 Å². The van der Waals surface area contributed by atoms with E-state index < -0.39 is 14.6 Å². The number of nitrogens with one attached hydrogen (secondary N) is 2. The number of nitrogens with zero attached hydrogens (tertiary/aromatic N) is 1. The predicted octanol–water partition coefficient (Wildman–Crippen LogP) is 3.13. The number of rotatable bonds is 6. The molecule has 0 saturated carbocycles. The molecule has 0 aliphatic rings. The normalized spacial score (nSPS) is 13.8. The van der Waals surface area contributed by atoms with Gasteiger partial charge in [-0.3, -0.25) is 4.99 Å². The third-order valence-electron chi connectivity index (χ3n) is 3.56. The van der Waals surface area contributed by atoms with Crippen molar-refractivity contribution in [2.24, 2.45) is 4.99 Å². The number of hydrogen-bond donors (Lipinski definition) is 2. The second-order valence-corrected chi connectivity index (χ2v) is 9.33. The fraction of sp³-hybridized carbons (Fsp3) is 0.588. The van der Waals surface area contributed by atoms with Crippen molar-refractivity contribution in [2.45, 2.75) is 45.4 Å². The standard InChI is InChI=1S/C17H29N3O2S.HI/c1-6-18-16(19-12-13-23(21,22)17(3,4)5)20-14(2)15-10-8-7-9-11-15;/h7-11,14H,6,12-13H2,1-5H3,(H2,18,19,20);1H. The molecule has 1 aromatic rings. The highest BCUT2D eigenvalue weighted by molar-refractivity contribution is 14.0. The Balaban J connectivity index is 0.00000529. The van der Waals surface area contributed by atoms with Crippen molar-refractivity contribution >= 4 is 39.8 Å².